The van der Waals surface area contributed by atoms with Crippen LogP contribution in [0, 0.1) is 0 Å². The van der Waals surface area contributed by atoms with E-state index in [4.69, 9.17) is 0 Å². The minimum absolute atomic E-state index is 0.155. The van der Waals surface area contributed by atoms with Crippen LogP contribution in [0.2, 0.25) is 0 Å². The first kappa shape index (κ1) is 17.1. The van der Waals surface area contributed by atoms with Crippen molar-refractivity contribution in [1.82, 2.24) is 4.90 Å². The molecule has 1 aliphatic heterocycles. The SMILES string of the molecule is CCN(CC)CCN1C(=O)C(c2ccccc2)Sc2ccccc21. The van der Waals surface area contributed by atoms with Crippen LogP contribution in [0.1, 0.15) is 24.7 Å². The molecule has 3 rings (SSSR count). The van der Waals surface area contributed by atoms with Crippen molar-refractivity contribution in [3.05, 3.63) is 60.2 Å². The molecule has 24 heavy (non-hydrogen) atoms. The number of hydrogen-bond donors (Lipinski definition) is 0. The van der Waals surface area contributed by atoms with E-state index in [1.165, 1.54) is 4.90 Å². The van der Waals surface area contributed by atoms with Gasteiger partial charge >= 0.3 is 0 Å². The van der Waals surface area contributed by atoms with Crippen LogP contribution in [0.25, 0.3) is 0 Å². The Morgan fingerprint density at radius 2 is 1.67 bits per heavy atom. The fourth-order valence-electron chi connectivity index (χ4n) is 3.07. The van der Waals surface area contributed by atoms with Gasteiger partial charge in [-0.1, -0.05) is 56.3 Å². The normalized spacial score (nSPS) is 17.2. The lowest BCUT2D eigenvalue weighted by molar-refractivity contribution is -0.118. The second kappa shape index (κ2) is 7.86. The van der Waals surface area contributed by atoms with E-state index in [9.17, 15) is 4.79 Å². The highest BCUT2D eigenvalue weighted by molar-refractivity contribution is 8.00. The van der Waals surface area contributed by atoms with Gasteiger partial charge in [0.05, 0.1) is 5.69 Å². The van der Waals surface area contributed by atoms with E-state index in [1.807, 2.05) is 47.4 Å². The Labute approximate surface area is 148 Å². The average Bonchev–Trinajstić information content (AvgIpc) is 2.64. The molecule has 4 heteroatoms. The molecule has 0 aliphatic carbocycles. The lowest BCUT2D eigenvalue weighted by Crippen LogP contribution is -2.42. The standard InChI is InChI=1S/C20H24N2OS/c1-3-21(4-2)14-15-22-17-12-8-9-13-18(17)24-19(20(22)23)16-10-6-5-7-11-16/h5-13,19H,3-4,14-15H2,1-2H3. The molecule has 1 aliphatic rings. The number of anilines is 1. The molecule has 0 spiro atoms. The van der Waals surface area contributed by atoms with E-state index in [-0.39, 0.29) is 11.2 Å². The van der Waals surface area contributed by atoms with E-state index >= 15 is 0 Å². The van der Waals surface area contributed by atoms with Gasteiger partial charge in [0.1, 0.15) is 5.25 Å². The smallest absolute Gasteiger partial charge is 0.245 e. The average molecular weight is 340 g/mol. The number of fused-ring (bicyclic) bond motifs is 1. The Kier molecular flexibility index (Phi) is 5.59. The molecular weight excluding hydrogens is 316 g/mol. The number of benzene rings is 2. The number of amides is 1. The third kappa shape index (κ3) is 3.50. The highest BCUT2D eigenvalue weighted by atomic mass is 32.2. The van der Waals surface area contributed by atoms with Gasteiger partial charge in [0, 0.05) is 18.0 Å². The van der Waals surface area contributed by atoms with E-state index in [1.54, 1.807) is 11.8 Å². The van der Waals surface area contributed by atoms with Crippen LogP contribution in [0.3, 0.4) is 0 Å². The molecule has 1 unspecified atom stereocenters. The number of likely N-dealkylation sites (N-methyl/N-ethyl adjacent to an activating group) is 1. The third-order valence-corrected chi connectivity index (χ3v) is 5.84. The molecule has 2 aromatic carbocycles. The number of rotatable bonds is 6. The Morgan fingerprint density at radius 3 is 2.38 bits per heavy atom. The van der Waals surface area contributed by atoms with Gasteiger partial charge < -0.3 is 9.80 Å². The zero-order valence-electron chi connectivity index (χ0n) is 14.3. The molecule has 1 heterocycles. The van der Waals surface area contributed by atoms with Gasteiger partial charge in [0.15, 0.2) is 0 Å². The van der Waals surface area contributed by atoms with Crippen LogP contribution < -0.4 is 4.90 Å². The summed E-state index contributed by atoms with van der Waals surface area (Å²) < 4.78 is 0. The topological polar surface area (TPSA) is 23.6 Å². The second-order valence-corrected chi connectivity index (χ2v) is 7.04. The van der Waals surface area contributed by atoms with E-state index in [2.05, 4.69) is 30.9 Å². The molecule has 0 saturated carbocycles. The summed E-state index contributed by atoms with van der Waals surface area (Å²) in [5.41, 5.74) is 2.13. The molecule has 126 valence electrons. The summed E-state index contributed by atoms with van der Waals surface area (Å²) in [7, 11) is 0. The molecule has 0 fully saturated rings. The van der Waals surface area contributed by atoms with Gasteiger partial charge in [0.25, 0.3) is 0 Å². The van der Waals surface area contributed by atoms with Gasteiger partial charge in [-0.15, -0.1) is 11.8 Å². The fraction of sp³-hybridized carbons (Fsp3) is 0.350. The van der Waals surface area contributed by atoms with Gasteiger partial charge in [-0.2, -0.15) is 0 Å². The fourth-order valence-corrected chi connectivity index (χ4v) is 4.30. The zero-order valence-corrected chi connectivity index (χ0v) is 15.1. The number of para-hydroxylation sites is 1. The van der Waals surface area contributed by atoms with Crippen molar-refractivity contribution >= 4 is 23.4 Å². The lowest BCUT2D eigenvalue weighted by Gasteiger charge is -2.35. The largest absolute Gasteiger partial charge is 0.309 e. The Hall–Kier alpha value is -1.78. The molecule has 1 atom stereocenters. The summed E-state index contributed by atoms with van der Waals surface area (Å²) in [4.78, 5) is 18.7. The number of carbonyl (C=O) groups is 1. The molecule has 2 aromatic rings. The van der Waals surface area contributed by atoms with Crippen LogP contribution in [-0.2, 0) is 4.79 Å². The Morgan fingerprint density at radius 1 is 1.00 bits per heavy atom. The summed E-state index contributed by atoms with van der Waals surface area (Å²) in [5.74, 6) is 0.192. The molecule has 0 N–H and O–H groups in total. The van der Waals surface area contributed by atoms with Crippen molar-refractivity contribution in [2.24, 2.45) is 0 Å². The van der Waals surface area contributed by atoms with Gasteiger partial charge in [-0.05, 0) is 30.8 Å². The van der Waals surface area contributed by atoms with Crippen LogP contribution in [0.4, 0.5) is 5.69 Å². The van der Waals surface area contributed by atoms with Crippen LogP contribution in [0.15, 0.2) is 59.5 Å². The number of hydrogen-bond acceptors (Lipinski definition) is 3. The molecule has 3 nitrogen and oxygen atoms in total. The monoisotopic (exact) mass is 340 g/mol. The summed E-state index contributed by atoms with van der Waals surface area (Å²) in [6, 6.07) is 18.3. The van der Waals surface area contributed by atoms with Crippen molar-refractivity contribution in [2.45, 2.75) is 24.0 Å². The Balaban J connectivity index is 1.89. The molecular formula is C20H24N2OS. The maximum atomic E-state index is 13.2. The maximum absolute atomic E-state index is 13.2. The molecule has 0 bridgehead atoms. The predicted octanol–water partition coefficient (Wildman–Crippen LogP) is 4.21. The summed E-state index contributed by atoms with van der Waals surface area (Å²) >= 11 is 1.66. The predicted molar refractivity (Wildman–Crippen MR) is 102 cm³/mol. The highest BCUT2D eigenvalue weighted by Crippen LogP contribution is 2.46. The van der Waals surface area contributed by atoms with Crippen molar-refractivity contribution in [1.29, 1.82) is 0 Å². The summed E-state index contributed by atoms with van der Waals surface area (Å²) in [6.45, 7) is 7.99. The minimum atomic E-state index is -0.155. The van der Waals surface area contributed by atoms with Crippen molar-refractivity contribution in [3.8, 4) is 0 Å². The molecule has 0 radical (unpaired) electrons. The molecule has 1 amide bonds. The number of thioether (sulfide) groups is 1. The van der Waals surface area contributed by atoms with Crippen molar-refractivity contribution in [2.75, 3.05) is 31.1 Å². The first-order valence-electron chi connectivity index (χ1n) is 8.59. The first-order valence-corrected chi connectivity index (χ1v) is 9.47. The quantitative estimate of drug-likeness (QED) is 0.787. The zero-order chi connectivity index (χ0) is 16.9. The second-order valence-electron chi connectivity index (χ2n) is 5.89. The van der Waals surface area contributed by atoms with E-state index < -0.39 is 0 Å². The van der Waals surface area contributed by atoms with Crippen LogP contribution in [-0.4, -0.2) is 37.0 Å². The van der Waals surface area contributed by atoms with Gasteiger partial charge in [-0.25, -0.2) is 0 Å². The van der Waals surface area contributed by atoms with Crippen molar-refractivity contribution < 1.29 is 4.79 Å². The maximum Gasteiger partial charge on any atom is 0.245 e. The van der Waals surface area contributed by atoms with E-state index in [0.717, 1.165) is 37.4 Å². The number of nitrogens with zero attached hydrogens (tertiary/aromatic N) is 2. The van der Waals surface area contributed by atoms with Crippen molar-refractivity contribution in [3.63, 3.8) is 0 Å². The first-order chi connectivity index (χ1) is 11.7. The van der Waals surface area contributed by atoms with E-state index in [0.29, 0.717) is 0 Å². The van der Waals surface area contributed by atoms with Gasteiger partial charge in [-0.3, -0.25) is 4.79 Å². The van der Waals surface area contributed by atoms with Crippen LogP contribution >= 0.6 is 11.8 Å². The number of carbonyl (C=O) groups excluding carboxylic acids is 1. The summed E-state index contributed by atoms with van der Waals surface area (Å²) in [5, 5.41) is -0.155. The van der Waals surface area contributed by atoms with Gasteiger partial charge in [0.2, 0.25) is 5.91 Å². The summed E-state index contributed by atoms with van der Waals surface area (Å²) in [6.07, 6.45) is 0. The van der Waals surface area contributed by atoms with Crippen LogP contribution in [0.5, 0.6) is 0 Å². The third-order valence-electron chi connectivity index (χ3n) is 4.53. The minimum Gasteiger partial charge on any atom is -0.309 e. The highest BCUT2D eigenvalue weighted by Gasteiger charge is 2.34. The lowest BCUT2D eigenvalue weighted by atomic mass is 10.1. The molecule has 0 saturated heterocycles. The Bertz CT molecular complexity index is 685. The molecule has 0 aromatic heterocycles.